The van der Waals surface area contributed by atoms with Crippen LogP contribution in [0.25, 0.3) is 0 Å². The van der Waals surface area contributed by atoms with Crippen LogP contribution in [0.1, 0.15) is 30.7 Å². The molecule has 0 radical (unpaired) electrons. The lowest BCUT2D eigenvalue weighted by molar-refractivity contribution is 0.169. The van der Waals surface area contributed by atoms with Gasteiger partial charge in [0.2, 0.25) is 0 Å². The van der Waals surface area contributed by atoms with Crippen LogP contribution in [0.3, 0.4) is 0 Å². The number of rotatable bonds is 5. The second-order valence-electron chi connectivity index (χ2n) is 4.81. The molecule has 1 aromatic carbocycles. The van der Waals surface area contributed by atoms with Gasteiger partial charge in [-0.2, -0.15) is 0 Å². The van der Waals surface area contributed by atoms with Crippen molar-refractivity contribution in [1.82, 2.24) is 4.98 Å². The van der Waals surface area contributed by atoms with Gasteiger partial charge in [-0.1, -0.05) is 25.1 Å². The molecule has 0 aliphatic heterocycles. The SMILES string of the molecule is CC[C@@H](O)c1ccc(N(C)Cc2ccccc2F)cn1. The molecule has 1 heterocycles. The average molecular weight is 274 g/mol. The van der Waals surface area contributed by atoms with Gasteiger partial charge in [0, 0.05) is 19.2 Å². The molecule has 1 aromatic heterocycles. The monoisotopic (exact) mass is 274 g/mol. The molecule has 3 nitrogen and oxygen atoms in total. The molecule has 0 saturated heterocycles. The first-order valence-electron chi connectivity index (χ1n) is 6.70. The van der Waals surface area contributed by atoms with Crippen LogP contribution in [0.4, 0.5) is 10.1 Å². The maximum atomic E-state index is 13.6. The van der Waals surface area contributed by atoms with Crippen LogP contribution >= 0.6 is 0 Å². The van der Waals surface area contributed by atoms with Crippen molar-refractivity contribution in [3.8, 4) is 0 Å². The van der Waals surface area contributed by atoms with Crippen LogP contribution in [-0.4, -0.2) is 17.1 Å². The number of pyridine rings is 1. The molecule has 20 heavy (non-hydrogen) atoms. The molecule has 2 aromatic rings. The number of anilines is 1. The number of halogens is 1. The Kier molecular flexibility index (Phi) is 4.69. The highest BCUT2D eigenvalue weighted by Crippen LogP contribution is 2.19. The highest BCUT2D eigenvalue weighted by Gasteiger charge is 2.09. The van der Waals surface area contributed by atoms with Crippen molar-refractivity contribution < 1.29 is 9.50 Å². The van der Waals surface area contributed by atoms with Crippen LogP contribution in [0.2, 0.25) is 0 Å². The van der Waals surface area contributed by atoms with Gasteiger partial charge in [-0.3, -0.25) is 4.98 Å². The molecule has 0 spiro atoms. The van der Waals surface area contributed by atoms with Crippen molar-refractivity contribution in [1.29, 1.82) is 0 Å². The van der Waals surface area contributed by atoms with E-state index in [-0.39, 0.29) is 5.82 Å². The van der Waals surface area contributed by atoms with E-state index in [2.05, 4.69) is 4.98 Å². The summed E-state index contributed by atoms with van der Waals surface area (Å²) in [7, 11) is 1.89. The number of benzene rings is 1. The molecule has 0 aliphatic rings. The smallest absolute Gasteiger partial charge is 0.128 e. The molecule has 106 valence electrons. The van der Waals surface area contributed by atoms with Crippen LogP contribution in [0.5, 0.6) is 0 Å². The highest BCUT2D eigenvalue weighted by molar-refractivity contribution is 5.44. The fourth-order valence-corrected chi connectivity index (χ4v) is 2.00. The molecule has 0 unspecified atom stereocenters. The summed E-state index contributed by atoms with van der Waals surface area (Å²) < 4.78 is 13.6. The van der Waals surface area contributed by atoms with Crippen LogP contribution in [-0.2, 0) is 6.54 Å². The molecule has 0 amide bonds. The second-order valence-corrected chi connectivity index (χ2v) is 4.81. The van der Waals surface area contributed by atoms with Gasteiger partial charge in [-0.05, 0) is 24.6 Å². The third-order valence-electron chi connectivity index (χ3n) is 3.30. The van der Waals surface area contributed by atoms with Crippen LogP contribution in [0.15, 0.2) is 42.6 Å². The maximum Gasteiger partial charge on any atom is 0.128 e. The first-order chi connectivity index (χ1) is 9.61. The Morgan fingerprint density at radius 1 is 1.25 bits per heavy atom. The second kappa shape index (κ2) is 6.48. The van der Waals surface area contributed by atoms with Crippen molar-refractivity contribution in [3.63, 3.8) is 0 Å². The number of aliphatic hydroxyl groups is 1. The summed E-state index contributed by atoms with van der Waals surface area (Å²) in [5, 5.41) is 9.70. The molecule has 4 heteroatoms. The summed E-state index contributed by atoms with van der Waals surface area (Å²) in [4.78, 5) is 6.17. The highest BCUT2D eigenvalue weighted by atomic mass is 19.1. The predicted octanol–water partition coefficient (Wildman–Crippen LogP) is 3.30. The third-order valence-corrected chi connectivity index (χ3v) is 3.30. The minimum Gasteiger partial charge on any atom is -0.387 e. The van der Waals surface area contributed by atoms with Crippen molar-refractivity contribution >= 4 is 5.69 Å². The Labute approximate surface area is 118 Å². The molecule has 2 rings (SSSR count). The van der Waals surface area contributed by atoms with Crippen molar-refractivity contribution in [2.75, 3.05) is 11.9 Å². The molecular weight excluding hydrogens is 255 g/mol. The summed E-state index contributed by atoms with van der Waals surface area (Å²) in [5.41, 5.74) is 2.20. The van der Waals surface area contributed by atoms with Crippen molar-refractivity contribution in [2.45, 2.75) is 26.0 Å². The molecule has 1 atom stereocenters. The van der Waals surface area contributed by atoms with Gasteiger partial charge in [0.05, 0.1) is 23.7 Å². The molecule has 0 fully saturated rings. The lowest BCUT2D eigenvalue weighted by Crippen LogP contribution is -2.17. The number of nitrogens with zero attached hydrogens (tertiary/aromatic N) is 2. The van der Waals surface area contributed by atoms with E-state index < -0.39 is 6.10 Å². The molecule has 1 N–H and O–H groups in total. The Bertz CT molecular complexity index is 557. The maximum absolute atomic E-state index is 13.6. The van der Waals surface area contributed by atoms with Gasteiger partial charge in [0.25, 0.3) is 0 Å². The van der Waals surface area contributed by atoms with Crippen LogP contribution in [0, 0.1) is 5.82 Å². The Hall–Kier alpha value is -1.94. The quantitative estimate of drug-likeness (QED) is 0.908. The zero-order valence-electron chi connectivity index (χ0n) is 11.8. The molecule has 0 bridgehead atoms. The van der Waals surface area contributed by atoms with Gasteiger partial charge in [-0.15, -0.1) is 0 Å². The minimum atomic E-state index is -0.527. The first kappa shape index (κ1) is 14.5. The summed E-state index contributed by atoms with van der Waals surface area (Å²) in [6, 6.07) is 10.4. The standard InChI is InChI=1S/C16H19FN2O/c1-3-16(20)15-9-8-13(10-18-15)19(2)11-12-6-4-5-7-14(12)17/h4-10,16,20H,3,11H2,1-2H3/t16-/m1/s1. The summed E-state index contributed by atoms with van der Waals surface area (Å²) in [5.74, 6) is -0.203. The van der Waals surface area contributed by atoms with Gasteiger partial charge in [-0.25, -0.2) is 4.39 Å². The lowest BCUT2D eigenvalue weighted by atomic mass is 10.1. The molecule has 0 saturated carbocycles. The summed E-state index contributed by atoms with van der Waals surface area (Å²) in [6.45, 7) is 2.38. The van der Waals surface area contributed by atoms with E-state index in [0.29, 0.717) is 24.2 Å². The lowest BCUT2D eigenvalue weighted by Gasteiger charge is -2.20. The van der Waals surface area contributed by atoms with E-state index >= 15 is 0 Å². The van der Waals surface area contributed by atoms with Crippen molar-refractivity contribution in [2.24, 2.45) is 0 Å². The number of aliphatic hydroxyl groups excluding tert-OH is 1. The summed E-state index contributed by atoms with van der Waals surface area (Å²) >= 11 is 0. The number of hydrogen-bond acceptors (Lipinski definition) is 3. The van der Waals surface area contributed by atoms with E-state index in [0.717, 1.165) is 5.69 Å². The zero-order valence-corrected chi connectivity index (χ0v) is 11.8. The minimum absolute atomic E-state index is 0.203. The van der Waals surface area contributed by atoms with Gasteiger partial charge >= 0.3 is 0 Å². The largest absolute Gasteiger partial charge is 0.387 e. The Morgan fingerprint density at radius 3 is 2.60 bits per heavy atom. The Morgan fingerprint density at radius 2 is 2.00 bits per heavy atom. The van der Waals surface area contributed by atoms with Gasteiger partial charge < -0.3 is 10.0 Å². The van der Waals surface area contributed by atoms with Gasteiger partial charge in [0.1, 0.15) is 5.82 Å². The fourth-order valence-electron chi connectivity index (χ4n) is 2.00. The Balaban J connectivity index is 2.10. The molecule has 0 aliphatic carbocycles. The first-order valence-corrected chi connectivity index (χ1v) is 6.70. The van der Waals surface area contributed by atoms with E-state index in [1.165, 1.54) is 6.07 Å². The van der Waals surface area contributed by atoms with E-state index in [1.807, 2.05) is 31.0 Å². The fraction of sp³-hybridized carbons (Fsp3) is 0.312. The predicted molar refractivity (Wildman–Crippen MR) is 78.0 cm³/mol. The van der Waals surface area contributed by atoms with E-state index in [9.17, 15) is 9.50 Å². The van der Waals surface area contributed by atoms with E-state index in [4.69, 9.17) is 0 Å². The summed E-state index contributed by atoms with van der Waals surface area (Å²) in [6.07, 6.45) is 1.81. The molecular formula is C16H19FN2O. The van der Waals surface area contributed by atoms with E-state index in [1.54, 1.807) is 24.4 Å². The third kappa shape index (κ3) is 3.33. The van der Waals surface area contributed by atoms with Crippen LogP contribution < -0.4 is 4.90 Å². The average Bonchev–Trinajstić information content (AvgIpc) is 2.49. The zero-order chi connectivity index (χ0) is 14.5. The van der Waals surface area contributed by atoms with Gasteiger partial charge in [0.15, 0.2) is 0 Å². The number of hydrogen-bond donors (Lipinski definition) is 1. The normalized spacial score (nSPS) is 12.2. The topological polar surface area (TPSA) is 36.4 Å². The number of aromatic nitrogens is 1. The van der Waals surface area contributed by atoms with Crippen molar-refractivity contribution in [3.05, 3.63) is 59.7 Å².